The first kappa shape index (κ1) is 17.9. The molecule has 2 saturated heterocycles. The van der Waals surface area contributed by atoms with E-state index in [9.17, 15) is 8.78 Å². The van der Waals surface area contributed by atoms with Gasteiger partial charge in [0.15, 0.2) is 5.96 Å². The van der Waals surface area contributed by atoms with Crippen LogP contribution in [0.15, 0.2) is 29.3 Å². The van der Waals surface area contributed by atoms with Crippen molar-refractivity contribution in [2.45, 2.75) is 25.8 Å². The Morgan fingerprint density at radius 3 is 3.04 bits per heavy atom. The van der Waals surface area contributed by atoms with Gasteiger partial charge in [0.1, 0.15) is 12.4 Å². The van der Waals surface area contributed by atoms with Crippen LogP contribution >= 0.6 is 0 Å². The van der Waals surface area contributed by atoms with E-state index >= 15 is 0 Å². The highest BCUT2D eigenvalue weighted by molar-refractivity contribution is 5.80. The fourth-order valence-corrected chi connectivity index (χ4v) is 3.51. The molecule has 1 aromatic rings. The molecular weight excluding hydrogens is 328 g/mol. The van der Waals surface area contributed by atoms with Crippen LogP contribution in [0.3, 0.4) is 0 Å². The first-order chi connectivity index (χ1) is 12.1. The number of guanidine groups is 1. The number of rotatable bonds is 5. The highest BCUT2D eigenvalue weighted by atomic mass is 19.3. The molecule has 25 heavy (non-hydrogen) atoms. The minimum absolute atomic E-state index is 0.278. The molecule has 0 saturated carbocycles. The maximum absolute atomic E-state index is 12.3. The summed E-state index contributed by atoms with van der Waals surface area (Å²) in [6.45, 7) is 3.61. The van der Waals surface area contributed by atoms with Crippen LogP contribution in [0.4, 0.5) is 8.78 Å². The molecule has 1 spiro atoms. The van der Waals surface area contributed by atoms with Gasteiger partial charge in [0, 0.05) is 38.7 Å². The number of likely N-dealkylation sites (tertiary alicyclic amines) is 1. The molecule has 0 aliphatic carbocycles. The maximum Gasteiger partial charge on any atom is 0.272 e. The largest absolute Gasteiger partial charge is 0.488 e. The number of hydrogen-bond donors (Lipinski definition) is 1. The van der Waals surface area contributed by atoms with Gasteiger partial charge in [-0.2, -0.15) is 0 Å². The topological polar surface area (TPSA) is 46.1 Å². The van der Waals surface area contributed by atoms with E-state index in [0.29, 0.717) is 12.3 Å². The summed E-state index contributed by atoms with van der Waals surface area (Å²) in [6, 6.07) is 7.21. The number of halogens is 2. The second kappa shape index (κ2) is 7.99. The van der Waals surface area contributed by atoms with Crippen LogP contribution in [-0.2, 0) is 11.3 Å². The normalized spacial score (nSPS) is 23.7. The zero-order valence-corrected chi connectivity index (χ0v) is 14.5. The molecule has 2 fully saturated rings. The number of hydrogen-bond acceptors (Lipinski definition) is 3. The van der Waals surface area contributed by atoms with Crippen molar-refractivity contribution in [1.82, 2.24) is 10.2 Å². The Kier molecular flexibility index (Phi) is 5.73. The molecule has 2 aliphatic heterocycles. The standard InChI is InChI=1S/C18H25F2N3O2/c1-21-17(23-7-5-18(12-23)6-8-24-13-18)22-10-14-3-2-4-15(9-14)25-11-16(19)20/h2-4,9,16H,5-8,10-13H2,1H3,(H,21,22). The monoisotopic (exact) mass is 353 g/mol. The van der Waals surface area contributed by atoms with Gasteiger partial charge in [-0.05, 0) is 30.5 Å². The van der Waals surface area contributed by atoms with Crippen molar-refractivity contribution in [2.75, 3.05) is 40.0 Å². The molecule has 0 aromatic heterocycles. The highest BCUT2D eigenvalue weighted by Crippen LogP contribution is 2.38. The predicted octanol–water partition coefficient (Wildman–Crippen LogP) is 2.52. The number of alkyl halides is 2. The van der Waals surface area contributed by atoms with Gasteiger partial charge in [0.05, 0.1) is 6.61 Å². The van der Waals surface area contributed by atoms with Crippen LogP contribution in [0.1, 0.15) is 18.4 Å². The van der Waals surface area contributed by atoms with Gasteiger partial charge in [0.2, 0.25) is 0 Å². The lowest BCUT2D eigenvalue weighted by molar-refractivity contribution is 0.0818. The minimum atomic E-state index is -2.47. The second-order valence-corrected chi connectivity index (χ2v) is 6.72. The third-order valence-electron chi connectivity index (χ3n) is 4.86. The van der Waals surface area contributed by atoms with Gasteiger partial charge >= 0.3 is 0 Å². The molecule has 2 heterocycles. The lowest BCUT2D eigenvalue weighted by Gasteiger charge is -2.25. The Hall–Kier alpha value is -1.89. The average Bonchev–Trinajstić information content (AvgIpc) is 3.24. The third kappa shape index (κ3) is 4.60. The first-order valence-electron chi connectivity index (χ1n) is 8.63. The summed E-state index contributed by atoms with van der Waals surface area (Å²) in [5, 5.41) is 3.36. The van der Waals surface area contributed by atoms with Crippen molar-refractivity contribution in [2.24, 2.45) is 10.4 Å². The van der Waals surface area contributed by atoms with E-state index in [1.165, 1.54) is 0 Å². The molecule has 3 rings (SSSR count). The molecular formula is C18H25F2N3O2. The fourth-order valence-electron chi connectivity index (χ4n) is 3.51. The number of nitrogens with one attached hydrogen (secondary N) is 1. The summed E-state index contributed by atoms with van der Waals surface area (Å²) >= 11 is 0. The van der Waals surface area contributed by atoms with Crippen LogP contribution in [0.2, 0.25) is 0 Å². The Labute approximate surface area is 147 Å². The van der Waals surface area contributed by atoms with E-state index in [0.717, 1.165) is 50.7 Å². The van der Waals surface area contributed by atoms with Crippen molar-refractivity contribution in [3.63, 3.8) is 0 Å². The number of aliphatic imine (C=N–C) groups is 1. The summed E-state index contributed by atoms with van der Waals surface area (Å²) in [5.74, 6) is 1.32. The van der Waals surface area contributed by atoms with Gasteiger partial charge in [-0.15, -0.1) is 0 Å². The van der Waals surface area contributed by atoms with Crippen molar-refractivity contribution in [1.29, 1.82) is 0 Å². The molecule has 1 atom stereocenters. The quantitative estimate of drug-likeness (QED) is 0.653. The van der Waals surface area contributed by atoms with E-state index in [-0.39, 0.29) is 5.41 Å². The lowest BCUT2D eigenvalue weighted by Crippen LogP contribution is -2.41. The number of ether oxygens (including phenoxy) is 2. The van der Waals surface area contributed by atoms with Crippen LogP contribution in [0, 0.1) is 5.41 Å². The lowest BCUT2D eigenvalue weighted by atomic mass is 9.87. The van der Waals surface area contributed by atoms with Crippen LogP contribution < -0.4 is 10.1 Å². The van der Waals surface area contributed by atoms with Crippen molar-refractivity contribution in [3.05, 3.63) is 29.8 Å². The number of benzene rings is 1. The predicted molar refractivity (Wildman–Crippen MR) is 92.2 cm³/mol. The Morgan fingerprint density at radius 2 is 2.32 bits per heavy atom. The van der Waals surface area contributed by atoms with Crippen molar-refractivity contribution >= 4 is 5.96 Å². The summed E-state index contributed by atoms with van der Waals surface area (Å²) in [5.41, 5.74) is 1.24. The number of nitrogens with zero attached hydrogens (tertiary/aromatic N) is 2. The van der Waals surface area contributed by atoms with Crippen LogP contribution in [0.5, 0.6) is 5.75 Å². The Morgan fingerprint density at radius 1 is 1.44 bits per heavy atom. The van der Waals surface area contributed by atoms with Gasteiger partial charge in [-0.25, -0.2) is 8.78 Å². The molecule has 5 nitrogen and oxygen atoms in total. The van der Waals surface area contributed by atoms with Gasteiger partial charge in [-0.3, -0.25) is 4.99 Å². The van der Waals surface area contributed by atoms with Crippen molar-refractivity contribution in [3.8, 4) is 5.75 Å². The molecule has 138 valence electrons. The first-order valence-corrected chi connectivity index (χ1v) is 8.63. The highest BCUT2D eigenvalue weighted by Gasteiger charge is 2.42. The average molecular weight is 353 g/mol. The van der Waals surface area contributed by atoms with E-state index in [1.54, 1.807) is 25.2 Å². The molecule has 2 aliphatic rings. The minimum Gasteiger partial charge on any atom is -0.488 e. The van der Waals surface area contributed by atoms with E-state index < -0.39 is 13.0 Å². The van der Waals surface area contributed by atoms with Gasteiger partial charge in [0.25, 0.3) is 6.43 Å². The smallest absolute Gasteiger partial charge is 0.272 e. The van der Waals surface area contributed by atoms with Crippen LogP contribution in [-0.4, -0.2) is 57.2 Å². The summed E-state index contributed by atoms with van der Waals surface area (Å²) < 4.78 is 35.1. The summed E-state index contributed by atoms with van der Waals surface area (Å²) in [7, 11) is 1.78. The third-order valence-corrected chi connectivity index (χ3v) is 4.86. The van der Waals surface area contributed by atoms with E-state index in [4.69, 9.17) is 9.47 Å². The molecule has 1 aromatic carbocycles. The maximum atomic E-state index is 12.3. The zero-order valence-electron chi connectivity index (χ0n) is 14.5. The van der Waals surface area contributed by atoms with Crippen molar-refractivity contribution < 1.29 is 18.3 Å². The van der Waals surface area contributed by atoms with Gasteiger partial charge < -0.3 is 19.7 Å². The molecule has 1 unspecified atom stereocenters. The molecule has 0 radical (unpaired) electrons. The van der Waals surface area contributed by atoms with Crippen LogP contribution in [0.25, 0.3) is 0 Å². The Bertz CT molecular complexity index is 604. The summed E-state index contributed by atoms with van der Waals surface area (Å²) in [6.07, 6.45) is -0.225. The zero-order chi connectivity index (χ0) is 17.7. The Balaban J connectivity index is 1.54. The molecule has 0 bridgehead atoms. The van der Waals surface area contributed by atoms with Gasteiger partial charge in [-0.1, -0.05) is 12.1 Å². The molecule has 7 heteroatoms. The SMILES string of the molecule is CN=C(NCc1cccc(OCC(F)F)c1)N1CCC2(CCOC2)C1. The molecule has 1 N–H and O–H groups in total. The van der Waals surface area contributed by atoms with E-state index in [1.807, 2.05) is 6.07 Å². The second-order valence-electron chi connectivity index (χ2n) is 6.72. The van der Waals surface area contributed by atoms with E-state index in [2.05, 4.69) is 15.2 Å². The summed E-state index contributed by atoms with van der Waals surface area (Å²) in [4.78, 5) is 6.65. The fraction of sp³-hybridized carbons (Fsp3) is 0.611. The molecule has 0 amide bonds.